The van der Waals surface area contributed by atoms with Gasteiger partial charge < -0.3 is 15.4 Å². The van der Waals surface area contributed by atoms with Crippen LogP contribution >= 0.6 is 11.3 Å². The number of hydrogen-bond donors (Lipinski definition) is 2. The van der Waals surface area contributed by atoms with Crippen LogP contribution < -0.4 is 10.6 Å². The molecule has 180 valence electrons. The number of aryl methyl sites for hydroxylation is 1. The number of rotatable bonds is 5. The molecule has 6 nitrogen and oxygen atoms in total. The quantitative estimate of drug-likeness (QED) is 0.525. The van der Waals surface area contributed by atoms with Crippen LogP contribution in [0.1, 0.15) is 75.2 Å². The van der Waals surface area contributed by atoms with Crippen molar-refractivity contribution in [1.29, 1.82) is 0 Å². The minimum Gasteiger partial charge on any atom is -0.465 e. The summed E-state index contributed by atoms with van der Waals surface area (Å²) in [4.78, 5) is 39.9. The van der Waals surface area contributed by atoms with Gasteiger partial charge in [-0.25, -0.2) is 4.79 Å². The molecule has 4 fully saturated rings. The van der Waals surface area contributed by atoms with Crippen LogP contribution in [0.15, 0.2) is 18.2 Å². The summed E-state index contributed by atoms with van der Waals surface area (Å²) < 4.78 is 5.02. The summed E-state index contributed by atoms with van der Waals surface area (Å²) in [6.07, 6.45) is 6.55. The van der Waals surface area contributed by atoms with Crippen LogP contribution in [0.3, 0.4) is 0 Å². The van der Waals surface area contributed by atoms with Gasteiger partial charge in [0.1, 0.15) is 5.00 Å². The smallest absolute Gasteiger partial charge is 0.341 e. The predicted octanol–water partition coefficient (Wildman–Crippen LogP) is 5.87. The molecule has 4 aliphatic rings. The molecule has 4 aliphatic carbocycles. The number of anilines is 2. The molecule has 1 aromatic carbocycles. The summed E-state index contributed by atoms with van der Waals surface area (Å²) in [6.45, 7) is 5.69. The van der Waals surface area contributed by atoms with E-state index in [-0.39, 0.29) is 22.8 Å². The van der Waals surface area contributed by atoms with Crippen molar-refractivity contribution in [3.8, 4) is 0 Å². The van der Waals surface area contributed by atoms with Crippen molar-refractivity contribution >= 4 is 39.8 Å². The zero-order valence-corrected chi connectivity index (χ0v) is 21.1. The first-order chi connectivity index (χ1) is 16.2. The lowest BCUT2D eigenvalue weighted by molar-refractivity contribution is -0.140. The van der Waals surface area contributed by atoms with Crippen molar-refractivity contribution in [2.24, 2.45) is 23.2 Å². The van der Waals surface area contributed by atoms with Gasteiger partial charge in [0.25, 0.3) is 5.91 Å². The molecule has 34 heavy (non-hydrogen) atoms. The number of esters is 1. The lowest BCUT2D eigenvalue weighted by Gasteiger charge is -2.55. The average molecular weight is 481 g/mol. The Morgan fingerprint density at radius 1 is 0.941 bits per heavy atom. The van der Waals surface area contributed by atoms with Crippen LogP contribution in [-0.2, 0) is 9.53 Å². The molecule has 0 aliphatic heterocycles. The van der Waals surface area contributed by atoms with E-state index in [4.69, 9.17) is 4.74 Å². The fourth-order valence-electron chi connectivity index (χ4n) is 6.86. The first kappa shape index (κ1) is 23.1. The molecule has 1 aromatic heterocycles. The van der Waals surface area contributed by atoms with E-state index < -0.39 is 5.97 Å². The number of ether oxygens (including phenoxy) is 1. The van der Waals surface area contributed by atoms with E-state index in [1.165, 1.54) is 26.4 Å². The van der Waals surface area contributed by atoms with Gasteiger partial charge in [0.2, 0.25) is 5.91 Å². The molecule has 0 spiro atoms. The molecule has 6 rings (SSSR count). The number of thiophene rings is 1. The van der Waals surface area contributed by atoms with Gasteiger partial charge in [-0.1, -0.05) is 12.1 Å². The largest absolute Gasteiger partial charge is 0.465 e. The maximum atomic E-state index is 13.6. The highest BCUT2D eigenvalue weighted by Crippen LogP contribution is 2.60. The van der Waals surface area contributed by atoms with Crippen LogP contribution in [-0.4, -0.2) is 24.9 Å². The Morgan fingerprint density at radius 2 is 1.56 bits per heavy atom. The lowest BCUT2D eigenvalue weighted by Crippen LogP contribution is -2.51. The van der Waals surface area contributed by atoms with Gasteiger partial charge in [-0.05, 0) is 99.8 Å². The molecule has 2 N–H and O–H groups in total. The van der Waals surface area contributed by atoms with Crippen LogP contribution in [0.5, 0.6) is 0 Å². The highest BCUT2D eigenvalue weighted by molar-refractivity contribution is 7.19. The van der Waals surface area contributed by atoms with E-state index in [0.29, 0.717) is 33.2 Å². The monoisotopic (exact) mass is 480 g/mol. The first-order valence-corrected chi connectivity index (χ1v) is 12.9. The average Bonchev–Trinajstić information content (AvgIpc) is 3.11. The number of carbonyl (C=O) groups excluding carboxylic acids is 3. The van der Waals surface area contributed by atoms with Gasteiger partial charge in [-0.15, -0.1) is 11.3 Å². The molecule has 0 saturated heterocycles. The number of benzene rings is 1. The van der Waals surface area contributed by atoms with Crippen molar-refractivity contribution in [2.75, 3.05) is 17.7 Å². The molecule has 1 heterocycles. The topological polar surface area (TPSA) is 84.5 Å². The van der Waals surface area contributed by atoms with Gasteiger partial charge in [0.05, 0.1) is 23.0 Å². The molecular weight excluding hydrogens is 448 g/mol. The third kappa shape index (κ3) is 3.84. The van der Waals surface area contributed by atoms with Crippen molar-refractivity contribution in [3.63, 3.8) is 0 Å². The second kappa shape index (κ2) is 8.52. The summed E-state index contributed by atoms with van der Waals surface area (Å²) in [5.74, 6) is 1.08. The maximum Gasteiger partial charge on any atom is 0.341 e. The Bertz CT molecular complexity index is 1150. The standard InChI is InChI=1S/C27H32N2O4S/c1-14-6-5-7-20(15(14)2)28-23(30)22-16(3)21(25(31)33-4)24(34-22)29-26(32)27-11-17-8-18(12-27)10-19(9-17)13-27/h5-7,17-19H,8-13H2,1-4H3,(H,28,30)(H,29,32). The SMILES string of the molecule is COC(=O)c1c(NC(=O)C23CC4CC(CC(C4)C2)C3)sc(C(=O)Nc2cccc(C)c2C)c1C. The molecule has 0 unspecified atom stereocenters. The summed E-state index contributed by atoms with van der Waals surface area (Å²) in [7, 11) is 1.32. The Hall–Kier alpha value is -2.67. The van der Waals surface area contributed by atoms with E-state index in [2.05, 4.69) is 10.6 Å². The number of nitrogens with one attached hydrogen (secondary N) is 2. The van der Waals surface area contributed by atoms with Crippen molar-refractivity contribution in [3.05, 3.63) is 45.3 Å². The normalized spacial score (nSPS) is 26.9. The van der Waals surface area contributed by atoms with E-state index in [1.54, 1.807) is 6.92 Å². The molecule has 0 radical (unpaired) electrons. The first-order valence-electron chi connectivity index (χ1n) is 12.1. The number of hydrogen-bond acceptors (Lipinski definition) is 5. The second-order valence-corrected chi connectivity index (χ2v) is 11.6. The Labute approximate surface area is 204 Å². The minimum atomic E-state index is -0.541. The number of carbonyl (C=O) groups is 3. The van der Waals surface area contributed by atoms with Crippen molar-refractivity contribution in [2.45, 2.75) is 59.3 Å². The molecule has 0 atom stereocenters. The lowest BCUT2D eigenvalue weighted by atomic mass is 9.49. The summed E-state index contributed by atoms with van der Waals surface area (Å²) in [5.41, 5.74) is 3.27. The number of methoxy groups -OCH3 is 1. The summed E-state index contributed by atoms with van der Waals surface area (Å²) in [6, 6.07) is 5.76. The zero-order chi connectivity index (χ0) is 24.2. The van der Waals surface area contributed by atoms with Gasteiger partial charge in [0.15, 0.2) is 0 Å². The third-order valence-corrected chi connectivity index (χ3v) is 9.55. The molecule has 2 amide bonds. The van der Waals surface area contributed by atoms with E-state index in [0.717, 1.165) is 47.4 Å². The van der Waals surface area contributed by atoms with E-state index in [9.17, 15) is 14.4 Å². The van der Waals surface area contributed by atoms with Crippen LogP contribution in [0, 0.1) is 43.9 Å². The van der Waals surface area contributed by atoms with Crippen molar-refractivity contribution < 1.29 is 19.1 Å². The molecule has 2 aromatic rings. The van der Waals surface area contributed by atoms with E-state index >= 15 is 0 Å². The summed E-state index contributed by atoms with van der Waals surface area (Å²) >= 11 is 1.15. The van der Waals surface area contributed by atoms with Gasteiger partial charge in [-0.2, -0.15) is 0 Å². The van der Waals surface area contributed by atoms with Gasteiger partial charge >= 0.3 is 5.97 Å². The fraction of sp³-hybridized carbons (Fsp3) is 0.519. The molecule has 4 saturated carbocycles. The molecular formula is C27H32N2O4S. The molecule has 4 bridgehead atoms. The maximum absolute atomic E-state index is 13.6. The highest BCUT2D eigenvalue weighted by atomic mass is 32.1. The Kier molecular flexibility index (Phi) is 5.79. The number of amides is 2. The summed E-state index contributed by atoms with van der Waals surface area (Å²) in [5, 5.41) is 6.47. The van der Waals surface area contributed by atoms with Crippen LogP contribution in [0.4, 0.5) is 10.7 Å². The minimum absolute atomic E-state index is 0.000472. The Morgan fingerprint density at radius 3 is 2.15 bits per heavy atom. The molecule has 7 heteroatoms. The Balaban J connectivity index is 1.44. The predicted molar refractivity (Wildman–Crippen MR) is 133 cm³/mol. The third-order valence-electron chi connectivity index (χ3n) is 8.34. The van der Waals surface area contributed by atoms with Crippen LogP contribution in [0.25, 0.3) is 0 Å². The van der Waals surface area contributed by atoms with E-state index in [1.807, 2.05) is 32.0 Å². The van der Waals surface area contributed by atoms with Gasteiger partial charge in [-0.3, -0.25) is 9.59 Å². The van der Waals surface area contributed by atoms with Crippen molar-refractivity contribution in [1.82, 2.24) is 0 Å². The highest BCUT2D eigenvalue weighted by Gasteiger charge is 2.54. The van der Waals surface area contributed by atoms with Gasteiger partial charge in [0, 0.05) is 5.69 Å². The zero-order valence-electron chi connectivity index (χ0n) is 20.2. The van der Waals surface area contributed by atoms with Crippen LogP contribution in [0.2, 0.25) is 0 Å². The fourth-order valence-corrected chi connectivity index (χ4v) is 7.94. The second-order valence-electron chi connectivity index (χ2n) is 10.6.